The molecule has 3 aromatic carbocycles. The van der Waals surface area contributed by atoms with E-state index in [1.165, 1.54) is 15.4 Å². The Labute approximate surface area is 215 Å². The fraction of sp³-hybridized carbons (Fsp3) is 0.258. The Kier molecular flexibility index (Phi) is 7.72. The van der Waals surface area contributed by atoms with Crippen LogP contribution in [0.15, 0.2) is 94.9 Å². The van der Waals surface area contributed by atoms with Gasteiger partial charge in [0.1, 0.15) is 0 Å². The Morgan fingerprint density at radius 3 is 1.47 bits per heavy atom. The maximum absolute atomic E-state index is 13.5. The number of sulfonamides is 1. The first-order valence-electron chi connectivity index (χ1n) is 12.4. The summed E-state index contributed by atoms with van der Waals surface area (Å²) >= 11 is 0. The molecule has 4 nitrogen and oxygen atoms in total. The molecule has 0 saturated carbocycles. The molecule has 5 heteroatoms. The number of hydrogen-bond donors (Lipinski definition) is 0. The molecule has 1 aliphatic heterocycles. The lowest BCUT2D eigenvalue weighted by molar-refractivity contribution is -0.113. The number of ketones is 1. The predicted molar refractivity (Wildman–Crippen MR) is 147 cm³/mol. The Bertz CT molecular complexity index is 1310. The molecule has 0 atom stereocenters. The highest BCUT2D eigenvalue weighted by Gasteiger charge is 2.34. The van der Waals surface area contributed by atoms with E-state index in [9.17, 15) is 13.2 Å². The molecule has 0 bridgehead atoms. The quantitative estimate of drug-likeness (QED) is 0.356. The van der Waals surface area contributed by atoms with Crippen LogP contribution in [0.1, 0.15) is 61.8 Å². The zero-order valence-electron chi connectivity index (χ0n) is 21.3. The minimum Gasteiger partial charge on any atom is -0.289 e. The Morgan fingerprint density at radius 1 is 0.667 bits per heavy atom. The second-order valence-electron chi connectivity index (χ2n) is 9.90. The van der Waals surface area contributed by atoms with E-state index in [-0.39, 0.29) is 23.8 Å². The van der Waals surface area contributed by atoms with Gasteiger partial charge in [0, 0.05) is 24.2 Å². The summed E-state index contributed by atoms with van der Waals surface area (Å²) in [6.07, 6.45) is 3.63. The number of piperidine rings is 1. The molecule has 1 saturated heterocycles. The van der Waals surface area contributed by atoms with Crippen LogP contribution in [0.4, 0.5) is 0 Å². The van der Waals surface area contributed by atoms with Crippen LogP contribution in [-0.4, -0.2) is 31.6 Å². The molecular weight excluding hydrogens is 466 g/mol. The van der Waals surface area contributed by atoms with Gasteiger partial charge in [0.25, 0.3) is 0 Å². The lowest BCUT2D eigenvalue weighted by Gasteiger charge is -2.29. The summed E-state index contributed by atoms with van der Waals surface area (Å²) in [6.45, 7) is 8.60. The molecule has 3 aromatic rings. The summed E-state index contributed by atoms with van der Waals surface area (Å²) < 4.78 is 28.4. The van der Waals surface area contributed by atoms with Crippen molar-refractivity contribution >= 4 is 28.0 Å². The molecule has 0 spiro atoms. The molecule has 0 N–H and O–H groups in total. The monoisotopic (exact) mass is 499 g/mol. The van der Waals surface area contributed by atoms with Crippen molar-refractivity contribution in [1.29, 1.82) is 0 Å². The topological polar surface area (TPSA) is 54.5 Å². The fourth-order valence-corrected chi connectivity index (χ4v) is 5.69. The van der Waals surface area contributed by atoms with Gasteiger partial charge in [-0.05, 0) is 58.4 Å². The van der Waals surface area contributed by atoms with Crippen LogP contribution in [0.2, 0.25) is 0 Å². The molecule has 0 radical (unpaired) electrons. The number of carbonyl (C=O) groups excluding carboxylic acids is 1. The van der Waals surface area contributed by atoms with Crippen LogP contribution >= 0.6 is 0 Å². The van der Waals surface area contributed by atoms with Gasteiger partial charge in [-0.2, -0.15) is 4.31 Å². The van der Waals surface area contributed by atoms with Gasteiger partial charge < -0.3 is 0 Å². The molecular formula is C31H33NO3S. The summed E-state index contributed by atoms with van der Waals surface area (Å²) in [4.78, 5) is 13.8. The SMILES string of the molecule is CC(C)c1ccc(C=C2CN(S(=O)(=O)c3ccccc3)CC(=Cc3ccc(C(C)C)cc3)C2=O)cc1. The maximum atomic E-state index is 13.5. The number of hydrogen-bond acceptors (Lipinski definition) is 3. The Morgan fingerprint density at radius 2 is 1.08 bits per heavy atom. The third kappa shape index (κ3) is 5.75. The number of Topliss-reactive ketones (excluding diaryl/α,β-unsaturated/α-hetero) is 1. The molecule has 36 heavy (non-hydrogen) atoms. The molecule has 1 aliphatic rings. The molecule has 4 rings (SSSR count). The van der Waals surface area contributed by atoms with Gasteiger partial charge in [-0.3, -0.25) is 4.79 Å². The highest BCUT2D eigenvalue weighted by Crippen LogP contribution is 2.28. The largest absolute Gasteiger partial charge is 0.289 e. The van der Waals surface area contributed by atoms with Crippen molar-refractivity contribution in [1.82, 2.24) is 4.31 Å². The molecule has 0 aromatic heterocycles. The minimum absolute atomic E-state index is 0.0334. The standard InChI is InChI=1S/C31H33NO3S/c1-22(2)26-14-10-24(11-15-26)18-28-20-32(36(34,35)30-8-6-5-7-9-30)21-29(31(28)33)19-25-12-16-27(17-13-25)23(3)4/h5-19,22-23H,20-21H2,1-4H3. The number of carbonyl (C=O) groups is 1. The van der Waals surface area contributed by atoms with Gasteiger partial charge in [0.15, 0.2) is 5.78 Å². The van der Waals surface area contributed by atoms with Gasteiger partial charge in [-0.1, -0.05) is 94.4 Å². The van der Waals surface area contributed by atoms with Crippen LogP contribution < -0.4 is 0 Å². The molecule has 0 amide bonds. The van der Waals surface area contributed by atoms with E-state index in [1.54, 1.807) is 30.3 Å². The number of nitrogens with zero attached hydrogens (tertiary/aromatic N) is 1. The summed E-state index contributed by atoms with van der Waals surface area (Å²) in [5, 5.41) is 0. The summed E-state index contributed by atoms with van der Waals surface area (Å²) in [6, 6.07) is 24.5. The highest BCUT2D eigenvalue weighted by molar-refractivity contribution is 7.89. The first kappa shape index (κ1) is 25.8. The van der Waals surface area contributed by atoms with Gasteiger partial charge in [-0.25, -0.2) is 8.42 Å². The lowest BCUT2D eigenvalue weighted by atomic mass is 9.94. The maximum Gasteiger partial charge on any atom is 0.243 e. The average molecular weight is 500 g/mol. The zero-order chi connectivity index (χ0) is 25.9. The smallest absolute Gasteiger partial charge is 0.243 e. The van der Waals surface area contributed by atoms with E-state index in [0.29, 0.717) is 23.0 Å². The summed E-state index contributed by atoms with van der Waals surface area (Å²) in [5.41, 5.74) is 5.10. The summed E-state index contributed by atoms with van der Waals surface area (Å²) in [7, 11) is -3.77. The van der Waals surface area contributed by atoms with Crippen molar-refractivity contribution in [3.05, 3.63) is 112 Å². The molecule has 186 valence electrons. The van der Waals surface area contributed by atoms with Crippen LogP contribution in [0.5, 0.6) is 0 Å². The van der Waals surface area contributed by atoms with Gasteiger partial charge >= 0.3 is 0 Å². The number of benzene rings is 3. The van der Waals surface area contributed by atoms with Gasteiger partial charge in [0.05, 0.1) is 4.90 Å². The first-order valence-corrected chi connectivity index (χ1v) is 13.8. The highest BCUT2D eigenvalue weighted by atomic mass is 32.2. The van der Waals surface area contributed by atoms with Crippen LogP contribution in [0, 0.1) is 0 Å². The third-order valence-electron chi connectivity index (χ3n) is 6.55. The van der Waals surface area contributed by atoms with E-state index < -0.39 is 10.0 Å². The minimum atomic E-state index is -3.77. The summed E-state index contributed by atoms with van der Waals surface area (Å²) in [5.74, 6) is 0.702. The molecule has 1 fully saturated rings. The van der Waals surface area contributed by atoms with Gasteiger partial charge in [0.2, 0.25) is 10.0 Å². The van der Waals surface area contributed by atoms with E-state index in [1.807, 2.05) is 36.4 Å². The van der Waals surface area contributed by atoms with Crippen molar-refractivity contribution in [2.75, 3.05) is 13.1 Å². The average Bonchev–Trinajstić information content (AvgIpc) is 2.87. The van der Waals surface area contributed by atoms with Gasteiger partial charge in [-0.15, -0.1) is 0 Å². The van der Waals surface area contributed by atoms with Crippen molar-refractivity contribution in [2.45, 2.75) is 44.4 Å². The molecule has 1 heterocycles. The molecule has 0 unspecified atom stereocenters. The first-order chi connectivity index (χ1) is 17.1. The van der Waals surface area contributed by atoms with E-state index in [4.69, 9.17) is 0 Å². The van der Waals surface area contributed by atoms with E-state index >= 15 is 0 Å². The number of rotatable bonds is 6. The van der Waals surface area contributed by atoms with Crippen molar-refractivity contribution in [2.24, 2.45) is 0 Å². The fourth-order valence-electron chi connectivity index (χ4n) is 4.28. The Hall–Kier alpha value is -3.28. The van der Waals surface area contributed by atoms with E-state index in [0.717, 1.165) is 11.1 Å². The second kappa shape index (κ2) is 10.8. The second-order valence-corrected chi connectivity index (χ2v) is 11.8. The Balaban J connectivity index is 1.74. The van der Waals surface area contributed by atoms with Crippen LogP contribution in [0.25, 0.3) is 12.2 Å². The van der Waals surface area contributed by atoms with Crippen LogP contribution in [0.3, 0.4) is 0 Å². The van der Waals surface area contributed by atoms with Crippen molar-refractivity contribution < 1.29 is 13.2 Å². The van der Waals surface area contributed by atoms with Crippen LogP contribution in [-0.2, 0) is 14.8 Å². The normalized spacial score (nSPS) is 17.4. The lowest BCUT2D eigenvalue weighted by Crippen LogP contribution is -2.41. The van der Waals surface area contributed by atoms with Crippen molar-refractivity contribution in [3.63, 3.8) is 0 Å². The zero-order valence-corrected chi connectivity index (χ0v) is 22.1. The predicted octanol–water partition coefficient (Wildman–Crippen LogP) is 6.67. The third-order valence-corrected chi connectivity index (χ3v) is 8.35. The van der Waals surface area contributed by atoms with E-state index in [2.05, 4.69) is 52.0 Å². The van der Waals surface area contributed by atoms with Crippen molar-refractivity contribution in [3.8, 4) is 0 Å². The molecule has 0 aliphatic carbocycles.